The molecule has 0 aliphatic heterocycles. The van der Waals surface area contributed by atoms with Gasteiger partial charge in [-0.1, -0.05) is 49.4 Å². The molecule has 3 rings (SSSR count). The Morgan fingerprint density at radius 2 is 1.72 bits per heavy atom. The number of aryl methyl sites for hydroxylation is 1. The summed E-state index contributed by atoms with van der Waals surface area (Å²) in [6, 6.07) is 20.2. The van der Waals surface area contributed by atoms with Crippen LogP contribution in [0.5, 0.6) is 5.75 Å². The summed E-state index contributed by atoms with van der Waals surface area (Å²) in [6.45, 7) is 4.55. The first-order valence-corrected chi connectivity index (χ1v) is 10.8. The molecule has 2 aromatic carbocycles. The van der Waals surface area contributed by atoms with E-state index in [4.69, 9.17) is 4.74 Å². The highest BCUT2D eigenvalue weighted by Crippen LogP contribution is 2.27. The zero-order chi connectivity index (χ0) is 20.6. The van der Waals surface area contributed by atoms with Crippen molar-refractivity contribution in [1.29, 1.82) is 0 Å². The largest absolute Gasteiger partial charge is 0.497 e. The summed E-state index contributed by atoms with van der Waals surface area (Å²) in [6.07, 6.45) is 1.02. The van der Waals surface area contributed by atoms with Crippen LogP contribution in [0.15, 0.2) is 66.0 Å². The summed E-state index contributed by atoms with van der Waals surface area (Å²) in [4.78, 5) is 13.9. The van der Waals surface area contributed by atoms with E-state index < -0.39 is 0 Å². The molecule has 29 heavy (non-hydrogen) atoms. The SMILES string of the molecule is CCc1ccc([C@H](N[C@H](C)C(=O)NCc2ccc(OC)cc2)c2cccs2)cc1. The number of nitrogens with one attached hydrogen (secondary N) is 2. The number of benzene rings is 2. The van der Waals surface area contributed by atoms with Gasteiger partial charge in [0, 0.05) is 11.4 Å². The van der Waals surface area contributed by atoms with Crippen LogP contribution in [-0.4, -0.2) is 19.1 Å². The Kier molecular flexibility index (Phi) is 7.44. The van der Waals surface area contributed by atoms with Crippen molar-refractivity contribution < 1.29 is 9.53 Å². The first-order chi connectivity index (χ1) is 14.1. The number of amides is 1. The van der Waals surface area contributed by atoms with Crippen molar-refractivity contribution in [1.82, 2.24) is 10.6 Å². The molecule has 5 heteroatoms. The van der Waals surface area contributed by atoms with Crippen molar-refractivity contribution in [2.45, 2.75) is 38.9 Å². The molecular weight excluding hydrogens is 380 g/mol. The third-order valence-corrected chi connectivity index (χ3v) is 5.92. The summed E-state index contributed by atoms with van der Waals surface area (Å²) in [5, 5.41) is 8.59. The number of carbonyl (C=O) groups is 1. The standard InChI is InChI=1S/C24H28N2O2S/c1-4-18-7-11-20(12-8-18)23(22-6-5-15-29-22)26-17(2)24(27)25-16-19-9-13-21(28-3)14-10-19/h5-15,17,23,26H,4,16H2,1-3H3,(H,25,27)/t17-,23+/m1/s1. The van der Waals surface area contributed by atoms with E-state index >= 15 is 0 Å². The molecule has 1 heterocycles. The normalized spacial score (nSPS) is 12.9. The molecule has 0 spiro atoms. The summed E-state index contributed by atoms with van der Waals surface area (Å²) in [5.41, 5.74) is 3.51. The van der Waals surface area contributed by atoms with Crippen LogP contribution in [0.1, 0.15) is 41.5 Å². The van der Waals surface area contributed by atoms with Crippen molar-refractivity contribution in [3.8, 4) is 5.75 Å². The number of thiophene rings is 1. The Morgan fingerprint density at radius 3 is 2.31 bits per heavy atom. The number of hydrogen-bond donors (Lipinski definition) is 2. The molecule has 2 N–H and O–H groups in total. The molecule has 3 aromatic rings. The second kappa shape index (κ2) is 10.2. The third-order valence-electron chi connectivity index (χ3n) is 4.98. The average Bonchev–Trinajstić information content (AvgIpc) is 3.30. The molecule has 0 saturated carbocycles. The topological polar surface area (TPSA) is 50.4 Å². The predicted molar refractivity (Wildman–Crippen MR) is 119 cm³/mol. The fraction of sp³-hybridized carbons (Fsp3) is 0.292. The smallest absolute Gasteiger partial charge is 0.237 e. The minimum absolute atomic E-state index is 0.0114. The average molecular weight is 409 g/mol. The van der Waals surface area contributed by atoms with Crippen LogP contribution < -0.4 is 15.4 Å². The number of hydrogen-bond acceptors (Lipinski definition) is 4. The first-order valence-electron chi connectivity index (χ1n) is 9.89. The monoisotopic (exact) mass is 408 g/mol. The Hall–Kier alpha value is -2.63. The molecule has 4 nitrogen and oxygen atoms in total. The molecule has 1 amide bonds. The number of carbonyl (C=O) groups excluding carboxylic acids is 1. The van der Waals surface area contributed by atoms with Crippen LogP contribution in [0, 0.1) is 0 Å². The zero-order valence-electron chi connectivity index (χ0n) is 17.1. The van der Waals surface area contributed by atoms with Gasteiger partial charge in [0.25, 0.3) is 0 Å². The maximum Gasteiger partial charge on any atom is 0.237 e. The van der Waals surface area contributed by atoms with Gasteiger partial charge in [-0.05, 0) is 53.6 Å². The van der Waals surface area contributed by atoms with E-state index in [1.807, 2.05) is 37.3 Å². The van der Waals surface area contributed by atoms with E-state index in [0.29, 0.717) is 6.54 Å². The van der Waals surface area contributed by atoms with Crippen LogP contribution in [0.2, 0.25) is 0 Å². The van der Waals surface area contributed by atoms with Gasteiger partial charge in [-0.25, -0.2) is 0 Å². The van der Waals surface area contributed by atoms with Crippen LogP contribution >= 0.6 is 11.3 Å². The van der Waals surface area contributed by atoms with Crippen LogP contribution in [0.4, 0.5) is 0 Å². The highest BCUT2D eigenvalue weighted by Gasteiger charge is 2.21. The van der Waals surface area contributed by atoms with Gasteiger partial charge in [-0.2, -0.15) is 0 Å². The number of methoxy groups -OCH3 is 1. The Labute approximate surface area is 176 Å². The number of ether oxygens (including phenoxy) is 1. The summed E-state index contributed by atoms with van der Waals surface area (Å²) in [7, 11) is 1.64. The van der Waals surface area contributed by atoms with Gasteiger partial charge >= 0.3 is 0 Å². The Bertz CT molecular complexity index is 890. The van der Waals surface area contributed by atoms with E-state index in [1.54, 1.807) is 18.4 Å². The zero-order valence-corrected chi connectivity index (χ0v) is 18.0. The van der Waals surface area contributed by atoms with Gasteiger partial charge in [0.2, 0.25) is 5.91 Å². The van der Waals surface area contributed by atoms with Gasteiger partial charge in [-0.15, -0.1) is 11.3 Å². The van der Waals surface area contributed by atoms with Gasteiger partial charge in [0.1, 0.15) is 5.75 Å². The fourth-order valence-electron chi connectivity index (χ4n) is 3.16. The summed E-state index contributed by atoms with van der Waals surface area (Å²) < 4.78 is 5.17. The van der Waals surface area contributed by atoms with E-state index in [9.17, 15) is 4.79 Å². The highest BCUT2D eigenvalue weighted by atomic mass is 32.1. The predicted octanol–water partition coefficient (Wildman–Crippen LogP) is 4.70. The molecule has 1 aromatic heterocycles. The van der Waals surface area contributed by atoms with E-state index in [2.05, 4.69) is 53.3 Å². The molecule has 0 unspecified atom stereocenters. The Morgan fingerprint density at radius 1 is 1.03 bits per heavy atom. The van der Waals surface area contributed by atoms with Gasteiger partial charge < -0.3 is 10.1 Å². The lowest BCUT2D eigenvalue weighted by Crippen LogP contribution is -2.43. The molecule has 2 atom stereocenters. The van der Waals surface area contributed by atoms with Crippen molar-refractivity contribution in [3.63, 3.8) is 0 Å². The molecular formula is C24H28N2O2S. The minimum Gasteiger partial charge on any atom is -0.497 e. The second-order valence-electron chi connectivity index (χ2n) is 7.00. The quantitative estimate of drug-likeness (QED) is 0.539. The van der Waals surface area contributed by atoms with Crippen molar-refractivity contribution >= 4 is 17.2 Å². The van der Waals surface area contributed by atoms with Crippen molar-refractivity contribution in [2.75, 3.05) is 7.11 Å². The molecule has 152 valence electrons. The molecule has 0 fully saturated rings. The highest BCUT2D eigenvalue weighted by molar-refractivity contribution is 7.10. The summed E-state index contributed by atoms with van der Waals surface area (Å²) >= 11 is 1.70. The molecule has 0 bridgehead atoms. The first kappa shape index (κ1) is 21.1. The lowest BCUT2D eigenvalue weighted by atomic mass is 10.0. The van der Waals surface area contributed by atoms with Crippen LogP contribution in [0.25, 0.3) is 0 Å². The maximum atomic E-state index is 12.7. The van der Waals surface area contributed by atoms with E-state index in [1.165, 1.54) is 16.0 Å². The number of rotatable bonds is 9. The molecule has 0 saturated heterocycles. The van der Waals surface area contributed by atoms with Gasteiger partial charge in [0.05, 0.1) is 19.2 Å². The molecule has 0 aliphatic carbocycles. The second-order valence-corrected chi connectivity index (χ2v) is 7.98. The van der Waals surface area contributed by atoms with Crippen LogP contribution in [-0.2, 0) is 17.8 Å². The molecule has 0 aliphatic rings. The van der Waals surface area contributed by atoms with Gasteiger partial charge in [-0.3, -0.25) is 10.1 Å². The third kappa shape index (κ3) is 5.68. The Balaban J connectivity index is 1.65. The van der Waals surface area contributed by atoms with Crippen LogP contribution in [0.3, 0.4) is 0 Å². The van der Waals surface area contributed by atoms with E-state index in [-0.39, 0.29) is 18.0 Å². The lowest BCUT2D eigenvalue weighted by Gasteiger charge is -2.23. The van der Waals surface area contributed by atoms with Crippen molar-refractivity contribution in [2.24, 2.45) is 0 Å². The summed E-state index contributed by atoms with van der Waals surface area (Å²) in [5.74, 6) is 0.788. The fourth-order valence-corrected chi connectivity index (χ4v) is 3.97. The minimum atomic E-state index is -0.328. The maximum absolute atomic E-state index is 12.7. The molecule has 0 radical (unpaired) electrons. The van der Waals surface area contributed by atoms with Crippen molar-refractivity contribution in [3.05, 3.63) is 87.6 Å². The van der Waals surface area contributed by atoms with Gasteiger partial charge in [0.15, 0.2) is 0 Å². The lowest BCUT2D eigenvalue weighted by molar-refractivity contribution is -0.123. The van der Waals surface area contributed by atoms with E-state index in [0.717, 1.165) is 17.7 Å².